The van der Waals surface area contributed by atoms with E-state index in [0.29, 0.717) is 10.8 Å². The van der Waals surface area contributed by atoms with E-state index >= 15 is 0 Å². The number of esters is 2. The van der Waals surface area contributed by atoms with Gasteiger partial charge >= 0.3 is 11.9 Å². The van der Waals surface area contributed by atoms with Crippen LogP contribution in [0.25, 0.3) is 25.1 Å². The molecule has 4 rings (SSSR count). The van der Waals surface area contributed by atoms with Crippen LogP contribution in [0.15, 0.2) is 71.5 Å². The maximum absolute atomic E-state index is 13.0. The minimum Gasteiger partial charge on any atom is -0.465 e. The van der Waals surface area contributed by atoms with E-state index in [1.54, 1.807) is 24.3 Å². The van der Waals surface area contributed by atoms with Crippen LogP contribution in [-0.4, -0.2) is 26.2 Å². The second-order valence-electron chi connectivity index (χ2n) is 6.36. The Morgan fingerprint density at radius 2 is 1.17 bits per heavy atom. The molecule has 0 unspecified atom stereocenters. The van der Waals surface area contributed by atoms with Crippen LogP contribution in [0, 0.1) is 0 Å². The number of methoxy groups -OCH3 is 2. The first-order valence-corrected chi connectivity index (χ1v) is 10.1. The summed E-state index contributed by atoms with van der Waals surface area (Å²) in [6, 6.07) is 19.7. The number of benzene rings is 3. The van der Waals surface area contributed by atoms with Gasteiger partial charge in [-0.3, -0.25) is 4.79 Å². The standard InChI is InChI=1S/C23H17O5S/c1-27-22(25)14-11-15(23(26)28-2)13-16(12-14)29-19-9-5-3-7-17(19)21(24)18-8-4-6-10-20(18)29/h3-13H,1-2H3/q+1. The smallest absolute Gasteiger partial charge is 0.338 e. The van der Waals surface area contributed by atoms with E-state index in [1.807, 2.05) is 36.4 Å². The normalized spacial score (nSPS) is 10.8. The number of carbonyl (C=O) groups excluding carboxylic acids is 2. The Labute approximate surface area is 169 Å². The summed E-state index contributed by atoms with van der Waals surface area (Å²) in [4.78, 5) is 38.2. The van der Waals surface area contributed by atoms with Crippen LogP contribution in [-0.2, 0) is 9.47 Å². The number of rotatable bonds is 3. The lowest BCUT2D eigenvalue weighted by Gasteiger charge is -2.07. The second kappa shape index (κ2) is 7.48. The highest BCUT2D eigenvalue weighted by atomic mass is 32.2. The summed E-state index contributed by atoms with van der Waals surface area (Å²) in [7, 11) is 1.91. The predicted molar refractivity (Wildman–Crippen MR) is 114 cm³/mol. The summed E-state index contributed by atoms with van der Waals surface area (Å²) >= 11 is 0. The monoisotopic (exact) mass is 405 g/mol. The van der Waals surface area contributed by atoms with E-state index in [9.17, 15) is 14.4 Å². The first kappa shape index (κ1) is 18.8. The molecule has 0 bridgehead atoms. The zero-order chi connectivity index (χ0) is 20.5. The molecule has 3 aromatic carbocycles. The van der Waals surface area contributed by atoms with E-state index in [2.05, 4.69) is 0 Å². The van der Waals surface area contributed by atoms with Crippen molar-refractivity contribution in [1.29, 1.82) is 0 Å². The first-order valence-electron chi connectivity index (χ1n) is 8.84. The third-order valence-corrected chi connectivity index (χ3v) is 6.99. The summed E-state index contributed by atoms with van der Waals surface area (Å²) in [5, 5.41) is 1.25. The Bertz CT molecular complexity index is 1240. The van der Waals surface area contributed by atoms with Crippen LogP contribution in [0.4, 0.5) is 0 Å². The van der Waals surface area contributed by atoms with Gasteiger partial charge in [-0.15, -0.1) is 0 Å². The van der Waals surface area contributed by atoms with Crippen LogP contribution in [0.5, 0.6) is 0 Å². The van der Waals surface area contributed by atoms with Crippen molar-refractivity contribution in [1.82, 2.24) is 0 Å². The molecule has 144 valence electrons. The summed E-state index contributed by atoms with van der Waals surface area (Å²) in [6.07, 6.45) is 0. The summed E-state index contributed by atoms with van der Waals surface area (Å²) < 4.78 is 11.4. The molecule has 0 aliphatic heterocycles. The second-order valence-corrected chi connectivity index (χ2v) is 8.32. The van der Waals surface area contributed by atoms with Gasteiger partial charge in [0.1, 0.15) is 0 Å². The topological polar surface area (TPSA) is 69.7 Å². The molecule has 0 radical (unpaired) electrons. The molecule has 1 heterocycles. The molecular weight excluding hydrogens is 388 g/mol. The number of hydrogen-bond donors (Lipinski definition) is 0. The molecule has 29 heavy (non-hydrogen) atoms. The molecule has 0 aliphatic carbocycles. The highest BCUT2D eigenvalue weighted by Gasteiger charge is 2.25. The van der Waals surface area contributed by atoms with Crippen LogP contribution in [0.1, 0.15) is 20.7 Å². The lowest BCUT2D eigenvalue weighted by atomic mass is 10.1. The van der Waals surface area contributed by atoms with E-state index in [-0.39, 0.29) is 16.6 Å². The van der Waals surface area contributed by atoms with Crippen LogP contribution >= 0.6 is 10.5 Å². The number of fused-ring (bicyclic) bond motifs is 2. The van der Waals surface area contributed by atoms with E-state index in [4.69, 9.17) is 9.47 Å². The van der Waals surface area contributed by atoms with Crippen LogP contribution in [0.3, 0.4) is 0 Å². The summed E-state index contributed by atoms with van der Waals surface area (Å²) in [5.74, 6) is -1.09. The Hall–Kier alpha value is -3.51. The molecule has 0 amide bonds. The van der Waals surface area contributed by atoms with Crippen molar-refractivity contribution in [3.8, 4) is 4.90 Å². The third kappa shape index (κ3) is 3.17. The molecule has 1 aromatic heterocycles. The molecule has 4 aromatic rings. The van der Waals surface area contributed by atoms with Crippen molar-refractivity contribution in [2.45, 2.75) is 0 Å². The fourth-order valence-corrected chi connectivity index (χ4v) is 5.80. The number of hydrogen-bond acceptors (Lipinski definition) is 5. The zero-order valence-electron chi connectivity index (χ0n) is 15.8. The Morgan fingerprint density at radius 1 is 0.724 bits per heavy atom. The predicted octanol–water partition coefficient (Wildman–Crippen LogP) is 4.66. The molecular formula is C23H17O5S+. The Kier molecular flexibility index (Phi) is 4.86. The highest BCUT2D eigenvalue weighted by molar-refractivity contribution is 7.49. The highest BCUT2D eigenvalue weighted by Crippen LogP contribution is 2.43. The Morgan fingerprint density at radius 3 is 1.62 bits per heavy atom. The van der Waals surface area contributed by atoms with Gasteiger partial charge in [-0.1, -0.05) is 24.3 Å². The molecule has 0 fully saturated rings. The van der Waals surface area contributed by atoms with Gasteiger partial charge in [0.15, 0.2) is 14.3 Å². The average Bonchev–Trinajstić information content (AvgIpc) is 2.78. The van der Waals surface area contributed by atoms with Gasteiger partial charge in [0.25, 0.3) is 0 Å². The van der Waals surface area contributed by atoms with Crippen molar-refractivity contribution >= 4 is 42.6 Å². The van der Waals surface area contributed by atoms with Gasteiger partial charge in [-0.2, -0.15) is 0 Å². The molecule has 0 N–H and O–H groups in total. The summed E-state index contributed by atoms with van der Waals surface area (Å²) in [5.41, 5.74) is 0.479. The van der Waals surface area contributed by atoms with Crippen LogP contribution < -0.4 is 5.43 Å². The largest absolute Gasteiger partial charge is 0.465 e. The van der Waals surface area contributed by atoms with Gasteiger partial charge < -0.3 is 9.47 Å². The van der Waals surface area contributed by atoms with Crippen LogP contribution in [0.2, 0.25) is 0 Å². The molecule has 0 spiro atoms. The van der Waals surface area contributed by atoms with Crippen molar-refractivity contribution in [2.75, 3.05) is 14.2 Å². The molecule has 0 atom stereocenters. The molecule has 6 heteroatoms. The number of carbonyl (C=O) groups is 2. The van der Waals surface area contributed by atoms with E-state index in [0.717, 1.165) is 14.3 Å². The summed E-state index contributed by atoms with van der Waals surface area (Å²) in [6.45, 7) is 0. The molecule has 0 saturated heterocycles. The van der Waals surface area contributed by atoms with E-state index in [1.165, 1.54) is 20.3 Å². The molecule has 5 nitrogen and oxygen atoms in total. The average molecular weight is 405 g/mol. The van der Waals surface area contributed by atoms with Crippen molar-refractivity contribution in [3.05, 3.63) is 88.1 Å². The van der Waals surface area contributed by atoms with Gasteiger partial charge in [-0.05, 0) is 30.3 Å². The third-order valence-electron chi connectivity index (χ3n) is 4.69. The van der Waals surface area contributed by atoms with E-state index < -0.39 is 22.4 Å². The molecule has 0 aliphatic rings. The zero-order valence-corrected chi connectivity index (χ0v) is 16.6. The van der Waals surface area contributed by atoms with Gasteiger partial charge in [0.2, 0.25) is 5.43 Å². The van der Waals surface area contributed by atoms with Crippen molar-refractivity contribution in [3.63, 3.8) is 0 Å². The maximum Gasteiger partial charge on any atom is 0.338 e. The lowest BCUT2D eigenvalue weighted by molar-refractivity contribution is 0.0599. The number of ether oxygens (including phenoxy) is 2. The SMILES string of the molecule is COC(=O)c1cc(C(=O)OC)cc(-[s+]2c3ccccc3c(=O)c3ccccc32)c1. The fraction of sp³-hybridized carbons (Fsp3) is 0.0870. The maximum atomic E-state index is 13.0. The quantitative estimate of drug-likeness (QED) is 0.282. The van der Waals surface area contributed by atoms with Crippen molar-refractivity contribution in [2.24, 2.45) is 0 Å². The first-order chi connectivity index (χ1) is 14.0. The Balaban J connectivity index is 2.16. The molecule has 0 saturated carbocycles. The van der Waals surface area contributed by atoms with Gasteiger partial charge in [-0.25, -0.2) is 9.59 Å². The van der Waals surface area contributed by atoms with Crippen molar-refractivity contribution < 1.29 is 19.1 Å². The lowest BCUT2D eigenvalue weighted by Crippen LogP contribution is -2.07. The minimum atomic E-state index is -0.673. The van der Waals surface area contributed by atoms with Gasteiger partial charge in [0.05, 0.1) is 36.1 Å². The fourth-order valence-electron chi connectivity index (χ4n) is 3.37. The minimum absolute atomic E-state index is 0.0303. The van der Waals surface area contributed by atoms with Gasteiger partial charge in [0, 0.05) is 22.6 Å².